The van der Waals surface area contributed by atoms with Crippen molar-refractivity contribution in [2.24, 2.45) is 0 Å². The number of amides is 1. The Morgan fingerprint density at radius 1 is 1.23 bits per heavy atom. The number of nitrogens with one attached hydrogen (secondary N) is 1. The Hall–Kier alpha value is -3.25. The molecule has 0 saturated heterocycles. The van der Waals surface area contributed by atoms with Crippen molar-refractivity contribution in [1.82, 2.24) is 19.7 Å². The van der Waals surface area contributed by atoms with Gasteiger partial charge in [0, 0.05) is 6.20 Å². The summed E-state index contributed by atoms with van der Waals surface area (Å²) in [6.07, 6.45) is 4.83. The summed E-state index contributed by atoms with van der Waals surface area (Å²) >= 11 is 2.12. The van der Waals surface area contributed by atoms with E-state index in [9.17, 15) is 14.4 Å². The molecule has 0 aliphatic carbocycles. The van der Waals surface area contributed by atoms with Crippen LogP contribution >= 0.6 is 23.1 Å². The van der Waals surface area contributed by atoms with Crippen LogP contribution in [0, 0.1) is 6.92 Å². The van der Waals surface area contributed by atoms with Gasteiger partial charge in [-0.25, -0.2) is 9.59 Å². The SMILES string of the molecule is COC(=O)c1sc(NC(=O)CSc2nncn2-c2cccnc2)c(C(=O)OC)c1C. The van der Waals surface area contributed by atoms with Gasteiger partial charge in [-0.15, -0.1) is 21.5 Å². The molecule has 1 N–H and O–H groups in total. The van der Waals surface area contributed by atoms with Crippen molar-refractivity contribution in [3.8, 4) is 5.69 Å². The van der Waals surface area contributed by atoms with E-state index in [2.05, 4.69) is 20.5 Å². The van der Waals surface area contributed by atoms with Gasteiger partial charge in [-0.1, -0.05) is 11.8 Å². The van der Waals surface area contributed by atoms with E-state index >= 15 is 0 Å². The molecule has 0 fully saturated rings. The Labute approximate surface area is 179 Å². The Bertz CT molecular complexity index is 1080. The number of methoxy groups -OCH3 is 2. The number of thioether (sulfide) groups is 1. The lowest BCUT2D eigenvalue weighted by atomic mass is 10.1. The third-order valence-electron chi connectivity index (χ3n) is 3.93. The molecule has 10 nitrogen and oxygen atoms in total. The molecule has 3 rings (SSSR count). The lowest BCUT2D eigenvalue weighted by molar-refractivity contribution is -0.113. The molecular weight excluding hydrogens is 430 g/mol. The average Bonchev–Trinajstić information content (AvgIpc) is 3.36. The second kappa shape index (κ2) is 9.50. The first-order chi connectivity index (χ1) is 14.5. The second-order valence-corrected chi connectivity index (χ2v) is 7.74. The molecule has 0 saturated carbocycles. The van der Waals surface area contributed by atoms with Crippen LogP contribution < -0.4 is 5.32 Å². The summed E-state index contributed by atoms with van der Waals surface area (Å²) in [7, 11) is 2.47. The molecule has 12 heteroatoms. The summed E-state index contributed by atoms with van der Waals surface area (Å²) in [4.78, 5) is 40.9. The van der Waals surface area contributed by atoms with E-state index in [1.165, 1.54) is 20.5 Å². The minimum atomic E-state index is -0.654. The molecule has 0 aromatic carbocycles. The third-order valence-corrected chi connectivity index (χ3v) is 6.06. The number of carbonyl (C=O) groups is 3. The maximum atomic E-state index is 12.5. The molecule has 3 aromatic rings. The number of thiophene rings is 1. The average molecular weight is 447 g/mol. The van der Waals surface area contributed by atoms with Crippen LogP contribution in [0.1, 0.15) is 25.6 Å². The van der Waals surface area contributed by atoms with Gasteiger partial charge in [0.15, 0.2) is 5.16 Å². The minimum Gasteiger partial charge on any atom is -0.465 e. The van der Waals surface area contributed by atoms with Crippen molar-refractivity contribution in [1.29, 1.82) is 0 Å². The Kier molecular flexibility index (Phi) is 6.79. The molecule has 0 aliphatic heterocycles. The van der Waals surface area contributed by atoms with Crippen LogP contribution in [0.5, 0.6) is 0 Å². The highest BCUT2D eigenvalue weighted by Gasteiger charge is 2.26. The van der Waals surface area contributed by atoms with E-state index in [0.29, 0.717) is 10.7 Å². The van der Waals surface area contributed by atoms with Gasteiger partial charge in [0.05, 0.1) is 37.4 Å². The summed E-state index contributed by atoms with van der Waals surface area (Å²) < 4.78 is 11.2. The van der Waals surface area contributed by atoms with E-state index in [0.717, 1.165) is 28.8 Å². The van der Waals surface area contributed by atoms with E-state index < -0.39 is 11.9 Å². The predicted molar refractivity (Wildman–Crippen MR) is 110 cm³/mol. The highest BCUT2D eigenvalue weighted by atomic mass is 32.2. The molecule has 0 radical (unpaired) electrons. The van der Waals surface area contributed by atoms with Crippen molar-refractivity contribution in [3.63, 3.8) is 0 Å². The molecular formula is C18H17N5O5S2. The van der Waals surface area contributed by atoms with E-state index in [1.807, 2.05) is 6.07 Å². The zero-order valence-electron chi connectivity index (χ0n) is 16.2. The van der Waals surface area contributed by atoms with Crippen LogP contribution in [0.3, 0.4) is 0 Å². The first-order valence-corrected chi connectivity index (χ1v) is 10.3. The Morgan fingerprint density at radius 3 is 2.67 bits per heavy atom. The van der Waals surface area contributed by atoms with Crippen LogP contribution in [0.2, 0.25) is 0 Å². The van der Waals surface area contributed by atoms with Gasteiger partial charge in [-0.05, 0) is 24.6 Å². The lowest BCUT2D eigenvalue weighted by Gasteiger charge is -2.07. The summed E-state index contributed by atoms with van der Waals surface area (Å²) in [5, 5.41) is 11.3. The number of hydrogen-bond donors (Lipinski definition) is 1. The maximum Gasteiger partial charge on any atom is 0.348 e. The van der Waals surface area contributed by atoms with Crippen molar-refractivity contribution in [3.05, 3.63) is 46.9 Å². The summed E-state index contributed by atoms with van der Waals surface area (Å²) in [5.41, 5.74) is 1.27. The molecule has 3 heterocycles. The van der Waals surface area contributed by atoms with Gasteiger partial charge < -0.3 is 14.8 Å². The molecule has 1 amide bonds. The first-order valence-electron chi connectivity index (χ1n) is 8.49. The number of nitrogens with zero attached hydrogens (tertiary/aromatic N) is 4. The molecule has 0 aliphatic rings. The fourth-order valence-corrected chi connectivity index (χ4v) is 4.38. The van der Waals surface area contributed by atoms with Crippen LogP contribution in [0.25, 0.3) is 5.69 Å². The number of aromatic nitrogens is 4. The van der Waals surface area contributed by atoms with Gasteiger partial charge in [-0.2, -0.15) is 0 Å². The second-order valence-electron chi connectivity index (χ2n) is 5.78. The predicted octanol–water partition coefficient (Wildman–Crippen LogP) is 2.34. The van der Waals surface area contributed by atoms with Gasteiger partial charge >= 0.3 is 11.9 Å². The van der Waals surface area contributed by atoms with Gasteiger partial charge in [0.25, 0.3) is 0 Å². The summed E-state index contributed by atoms with van der Waals surface area (Å²) in [6, 6.07) is 3.62. The smallest absolute Gasteiger partial charge is 0.348 e. The fourth-order valence-electron chi connectivity index (χ4n) is 2.53. The Balaban J connectivity index is 1.75. The monoisotopic (exact) mass is 447 g/mol. The fraction of sp³-hybridized carbons (Fsp3) is 0.222. The van der Waals surface area contributed by atoms with Crippen LogP contribution in [-0.4, -0.2) is 57.6 Å². The number of hydrogen-bond acceptors (Lipinski definition) is 10. The van der Waals surface area contributed by atoms with Gasteiger partial charge in [0.2, 0.25) is 5.91 Å². The van der Waals surface area contributed by atoms with Crippen molar-refractivity contribution < 1.29 is 23.9 Å². The Morgan fingerprint density at radius 2 is 2.00 bits per heavy atom. The largest absolute Gasteiger partial charge is 0.465 e. The van der Waals surface area contributed by atoms with E-state index in [1.54, 1.807) is 30.0 Å². The minimum absolute atomic E-state index is 0.00404. The third kappa shape index (κ3) is 4.49. The maximum absolute atomic E-state index is 12.5. The molecule has 0 unspecified atom stereocenters. The van der Waals surface area contributed by atoms with Crippen LogP contribution in [-0.2, 0) is 14.3 Å². The molecule has 0 spiro atoms. The van der Waals surface area contributed by atoms with Crippen molar-refractivity contribution >= 4 is 45.9 Å². The highest BCUT2D eigenvalue weighted by Crippen LogP contribution is 2.34. The van der Waals surface area contributed by atoms with E-state index in [4.69, 9.17) is 9.47 Å². The van der Waals surface area contributed by atoms with Crippen molar-refractivity contribution in [2.75, 3.05) is 25.3 Å². The van der Waals surface area contributed by atoms with E-state index in [-0.39, 0.29) is 27.1 Å². The molecule has 3 aromatic heterocycles. The standard InChI is InChI=1S/C18H17N5O5S2/c1-10-13(16(25)27-2)15(30-14(10)17(26)28-3)21-12(24)8-29-18-22-20-9-23(18)11-5-4-6-19-7-11/h4-7,9H,8H2,1-3H3,(H,21,24). The summed E-state index contributed by atoms with van der Waals surface area (Å²) in [5.74, 6) is -1.63. The summed E-state index contributed by atoms with van der Waals surface area (Å²) in [6.45, 7) is 1.59. The van der Waals surface area contributed by atoms with Crippen molar-refractivity contribution in [2.45, 2.75) is 12.1 Å². The molecule has 0 atom stereocenters. The van der Waals surface area contributed by atoms with Gasteiger partial charge in [0.1, 0.15) is 16.2 Å². The molecule has 30 heavy (non-hydrogen) atoms. The van der Waals surface area contributed by atoms with Crippen LogP contribution in [0.4, 0.5) is 5.00 Å². The van der Waals surface area contributed by atoms with Gasteiger partial charge in [-0.3, -0.25) is 14.3 Å². The molecule has 0 bridgehead atoms. The lowest BCUT2D eigenvalue weighted by Crippen LogP contribution is -2.16. The highest BCUT2D eigenvalue weighted by molar-refractivity contribution is 7.99. The normalized spacial score (nSPS) is 10.5. The number of esters is 2. The number of anilines is 1. The molecule has 156 valence electrons. The first kappa shape index (κ1) is 21.5. The van der Waals surface area contributed by atoms with Crippen LogP contribution in [0.15, 0.2) is 36.0 Å². The zero-order valence-corrected chi connectivity index (χ0v) is 17.9. The topological polar surface area (TPSA) is 125 Å². The number of ether oxygens (including phenoxy) is 2. The zero-order chi connectivity index (χ0) is 21.7. The number of pyridine rings is 1. The number of rotatable bonds is 7. The number of carbonyl (C=O) groups excluding carboxylic acids is 3. The quantitative estimate of drug-likeness (QED) is 0.429.